The smallest absolute Gasteiger partial charge is 0.257 e. The molecule has 0 radical (unpaired) electrons. The number of hydrogen-bond donors (Lipinski definition) is 2. The number of aromatic nitrogens is 2. The molecular weight excluding hydrogens is 284 g/mol. The second-order valence-electron chi connectivity index (χ2n) is 5.18. The number of nitrogen functional groups attached to an aromatic ring is 1. The molecule has 0 spiro atoms. The van der Waals surface area contributed by atoms with Crippen molar-refractivity contribution < 1.29 is 4.79 Å². The number of hydrogen-bond acceptors (Lipinski definition) is 5. The van der Waals surface area contributed by atoms with Crippen LogP contribution in [0.4, 0.5) is 10.9 Å². The summed E-state index contributed by atoms with van der Waals surface area (Å²) in [5.74, 6) is 0.197. The lowest BCUT2D eigenvalue weighted by molar-refractivity contribution is 0.102. The molecule has 0 aromatic carbocycles. The predicted molar refractivity (Wildman–Crippen MR) is 84.7 cm³/mol. The van der Waals surface area contributed by atoms with Crippen molar-refractivity contribution in [1.29, 1.82) is 0 Å². The van der Waals surface area contributed by atoms with Crippen molar-refractivity contribution in [2.75, 3.05) is 11.1 Å². The predicted octanol–water partition coefficient (Wildman–Crippen LogP) is 2.81. The summed E-state index contributed by atoms with van der Waals surface area (Å²) in [5, 5.41) is 3.56. The Bertz CT molecular complexity index is 657. The van der Waals surface area contributed by atoms with Crippen LogP contribution in [0.15, 0.2) is 12.1 Å². The molecule has 2 aromatic heterocycles. The summed E-state index contributed by atoms with van der Waals surface area (Å²) < 4.78 is 0. The number of pyridine rings is 1. The molecule has 0 atom stereocenters. The Morgan fingerprint density at radius 1 is 1.33 bits per heavy atom. The maximum absolute atomic E-state index is 12.3. The third-order valence-electron chi connectivity index (χ3n) is 3.59. The highest BCUT2D eigenvalue weighted by atomic mass is 32.1. The number of rotatable bonds is 3. The Labute approximate surface area is 127 Å². The van der Waals surface area contributed by atoms with Gasteiger partial charge in [0.25, 0.3) is 5.91 Å². The van der Waals surface area contributed by atoms with Crippen LogP contribution in [-0.4, -0.2) is 15.9 Å². The monoisotopic (exact) mass is 302 g/mol. The summed E-state index contributed by atoms with van der Waals surface area (Å²) in [6, 6.07) is 3.38. The van der Waals surface area contributed by atoms with E-state index in [1.54, 1.807) is 23.5 Å². The van der Waals surface area contributed by atoms with Crippen LogP contribution >= 0.6 is 11.3 Å². The van der Waals surface area contributed by atoms with Crippen molar-refractivity contribution in [3.05, 3.63) is 34.0 Å². The first-order valence-corrected chi connectivity index (χ1v) is 8.03. The Morgan fingerprint density at radius 2 is 2.14 bits per heavy atom. The normalized spacial score (nSPS) is 13.8. The van der Waals surface area contributed by atoms with Gasteiger partial charge in [-0.05, 0) is 44.2 Å². The summed E-state index contributed by atoms with van der Waals surface area (Å²) in [6.07, 6.45) is 5.24. The van der Waals surface area contributed by atoms with E-state index in [-0.39, 0.29) is 5.91 Å². The molecule has 6 heteroatoms. The largest absolute Gasteiger partial charge is 0.384 e. The van der Waals surface area contributed by atoms with Crippen molar-refractivity contribution in [2.45, 2.75) is 39.0 Å². The van der Waals surface area contributed by atoms with E-state index in [0.29, 0.717) is 16.5 Å². The van der Waals surface area contributed by atoms with Gasteiger partial charge in [0, 0.05) is 16.1 Å². The third-order valence-corrected chi connectivity index (χ3v) is 4.66. The number of nitrogens with zero attached hydrogens (tertiary/aromatic N) is 2. The fourth-order valence-corrected chi connectivity index (χ4v) is 3.54. The minimum Gasteiger partial charge on any atom is -0.384 e. The van der Waals surface area contributed by atoms with Gasteiger partial charge >= 0.3 is 0 Å². The van der Waals surface area contributed by atoms with Gasteiger partial charge < -0.3 is 5.73 Å². The molecular formula is C15H18N4OS. The summed E-state index contributed by atoms with van der Waals surface area (Å²) in [7, 11) is 0. The van der Waals surface area contributed by atoms with E-state index in [2.05, 4.69) is 15.3 Å². The first-order valence-electron chi connectivity index (χ1n) is 7.22. The van der Waals surface area contributed by atoms with E-state index < -0.39 is 0 Å². The van der Waals surface area contributed by atoms with Crippen molar-refractivity contribution >= 4 is 28.2 Å². The molecule has 0 unspecified atom stereocenters. The quantitative estimate of drug-likeness (QED) is 0.913. The maximum Gasteiger partial charge on any atom is 0.257 e. The van der Waals surface area contributed by atoms with Gasteiger partial charge in [-0.15, -0.1) is 11.3 Å². The van der Waals surface area contributed by atoms with Crippen LogP contribution in [0, 0.1) is 0 Å². The molecule has 3 N–H and O–H groups in total. The van der Waals surface area contributed by atoms with E-state index in [1.807, 2.05) is 6.92 Å². The highest BCUT2D eigenvalue weighted by Gasteiger charge is 2.17. The highest BCUT2D eigenvalue weighted by molar-refractivity contribution is 7.15. The number of fused-ring (bicyclic) bond motifs is 1. The van der Waals surface area contributed by atoms with Crippen LogP contribution in [0.5, 0.6) is 0 Å². The van der Waals surface area contributed by atoms with Gasteiger partial charge in [0.2, 0.25) is 0 Å². The van der Waals surface area contributed by atoms with Crippen molar-refractivity contribution in [3.63, 3.8) is 0 Å². The number of carbonyl (C=O) groups is 1. The molecule has 1 aliphatic rings. The molecule has 21 heavy (non-hydrogen) atoms. The van der Waals surface area contributed by atoms with Crippen LogP contribution in [0.2, 0.25) is 0 Å². The van der Waals surface area contributed by atoms with Gasteiger partial charge in [-0.2, -0.15) is 0 Å². The highest BCUT2D eigenvalue weighted by Crippen LogP contribution is 2.29. The lowest BCUT2D eigenvalue weighted by Crippen LogP contribution is -2.13. The van der Waals surface area contributed by atoms with Crippen molar-refractivity contribution in [1.82, 2.24) is 9.97 Å². The van der Waals surface area contributed by atoms with Gasteiger partial charge in [0.15, 0.2) is 5.13 Å². The molecule has 0 fully saturated rings. The fraction of sp³-hybridized carbons (Fsp3) is 0.400. The molecule has 110 valence electrons. The van der Waals surface area contributed by atoms with Gasteiger partial charge in [-0.3, -0.25) is 10.1 Å². The van der Waals surface area contributed by atoms with E-state index in [0.717, 1.165) is 30.7 Å². The van der Waals surface area contributed by atoms with E-state index >= 15 is 0 Å². The second-order valence-corrected chi connectivity index (χ2v) is 6.26. The number of amides is 1. The number of anilines is 2. The number of carbonyl (C=O) groups excluding carboxylic acids is 1. The first kappa shape index (κ1) is 14.0. The van der Waals surface area contributed by atoms with Crippen molar-refractivity contribution in [3.8, 4) is 0 Å². The molecule has 1 aliphatic carbocycles. The molecule has 1 amide bonds. The first-order chi connectivity index (χ1) is 10.2. The number of aryl methyl sites for hydroxylation is 3. The summed E-state index contributed by atoms with van der Waals surface area (Å²) >= 11 is 1.58. The van der Waals surface area contributed by atoms with Gasteiger partial charge in [-0.25, -0.2) is 9.97 Å². The zero-order valence-corrected chi connectivity index (χ0v) is 12.8. The molecule has 3 rings (SSSR count). The third kappa shape index (κ3) is 3.05. The van der Waals surface area contributed by atoms with Crippen LogP contribution in [-0.2, 0) is 19.3 Å². The number of nitrogens with two attached hydrogens (primary N) is 1. The van der Waals surface area contributed by atoms with Crippen LogP contribution in [0.25, 0.3) is 0 Å². The molecule has 0 bridgehead atoms. The summed E-state index contributed by atoms with van der Waals surface area (Å²) in [5.41, 5.74) is 8.24. The Morgan fingerprint density at radius 3 is 2.90 bits per heavy atom. The van der Waals surface area contributed by atoms with Crippen LogP contribution < -0.4 is 11.1 Å². The Kier molecular flexibility index (Phi) is 3.88. The number of nitrogens with one attached hydrogen (secondary N) is 1. The second kappa shape index (κ2) is 5.81. The minimum atomic E-state index is -0.176. The maximum atomic E-state index is 12.3. The summed E-state index contributed by atoms with van der Waals surface area (Å²) in [4.78, 5) is 22.3. The van der Waals surface area contributed by atoms with Gasteiger partial charge in [-0.1, -0.05) is 6.92 Å². The zero-order chi connectivity index (χ0) is 14.8. The number of thiazole rings is 1. The average molecular weight is 302 g/mol. The van der Waals surface area contributed by atoms with Gasteiger partial charge in [0.1, 0.15) is 5.82 Å². The molecule has 2 heterocycles. The van der Waals surface area contributed by atoms with Crippen molar-refractivity contribution in [2.24, 2.45) is 0 Å². The van der Waals surface area contributed by atoms with Gasteiger partial charge in [0.05, 0.1) is 5.69 Å². The fourth-order valence-electron chi connectivity index (χ4n) is 2.50. The molecule has 0 saturated carbocycles. The topological polar surface area (TPSA) is 80.9 Å². The molecule has 0 aliphatic heterocycles. The summed E-state index contributed by atoms with van der Waals surface area (Å²) in [6.45, 7) is 1.98. The SMILES string of the molecule is CCc1cc(C(=O)Nc2nc3c(s2)CCCC3)cc(N)n1. The zero-order valence-electron chi connectivity index (χ0n) is 12.0. The van der Waals surface area contributed by atoms with Crippen LogP contribution in [0.1, 0.15) is 46.4 Å². The Balaban J connectivity index is 1.79. The Hall–Kier alpha value is -1.95. The standard InChI is InChI=1S/C15H18N4OS/c1-2-10-7-9(8-13(16)17-10)14(20)19-15-18-11-5-3-4-6-12(11)21-15/h7-8H,2-6H2,1H3,(H2,16,17)(H,18,19,20). The lowest BCUT2D eigenvalue weighted by atomic mass is 10.0. The van der Waals surface area contributed by atoms with E-state index in [9.17, 15) is 4.79 Å². The molecule has 5 nitrogen and oxygen atoms in total. The molecule has 0 saturated heterocycles. The average Bonchev–Trinajstić information content (AvgIpc) is 2.88. The minimum absolute atomic E-state index is 0.176. The molecule has 2 aromatic rings. The van der Waals surface area contributed by atoms with E-state index in [1.165, 1.54) is 17.7 Å². The lowest BCUT2D eigenvalue weighted by Gasteiger charge is -2.06. The van der Waals surface area contributed by atoms with Crippen LogP contribution in [0.3, 0.4) is 0 Å². The van der Waals surface area contributed by atoms with E-state index in [4.69, 9.17) is 5.73 Å².